The van der Waals surface area contributed by atoms with E-state index in [2.05, 4.69) is 32.4 Å². The molecule has 3 rings (SSSR count). The zero-order valence-electron chi connectivity index (χ0n) is 15.9. The average molecular weight is 371 g/mol. The summed E-state index contributed by atoms with van der Waals surface area (Å²) < 4.78 is 10.5. The Kier molecular flexibility index (Phi) is 5.95. The van der Waals surface area contributed by atoms with Gasteiger partial charge in [-0.25, -0.2) is 14.8 Å². The molecule has 2 heterocycles. The molecule has 2 aromatic rings. The second-order valence-corrected chi connectivity index (χ2v) is 6.58. The van der Waals surface area contributed by atoms with Crippen molar-refractivity contribution in [2.24, 2.45) is 5.92 Å². The van der Waals surface area contributed by atoms with Crippen molar-refractivity contribution in [2.75, 3.05) is 42.8 Å². The number of amides is 2. The molecule has 8 nitrogen and oxygen atoms in total. The van der Waals surface area contributed by atoms with E-state index in [-0.39, 0.29) is 0 Å². The van der Waals surface area contributed by atoms with Gasteiger partial charge in [-0.05, 0) is 30.9 Å². The summed E-state index contributed by atoms with van der Waals surface area (Å²) in [6.45, 7) is 4.19. The number of anilines is 3. The van der Waals surface area contributed by atoms with E-state index >= 15 is 0 Å². The topological polar surface area (TPSA) is 88.6 Å². The number of nitrogens with one attached hydrogen (secondary N) is 2. The Hall–Kier alpha value is -3.03. The van der Waals surface area contributed by atoms with Crippen LogP contribution < -0.4 is 25.0 Å². The first-order valence-electron chi connectivity index (χ1n) is 8.96. The third-order valence-electron chi connectivity index (χ3n) is 4.66. The Bertz CT molecular complexity index is 791. The standard InChI is InChI=1S/C19H25N5O3/c1-13-6-8-24(9-7-13)18-11-17(20-12-21-18)23-19(25)22-15-10-14(26-2)4-5-16(15)27-3/h4-5,10-13H,6-9H2,1-3H3,(H2,20,21,22,23,25). The first kappa shape index (κ1) is 18.8. The lowest BCUT2D eigenvalue weighted by Crippen LogP contribution is -2.33. The van der Waals surface area contributed by atoms with Crippen molar-refractivity contribution < 1.29 is 14.3 Å². The molecule has 2 N–H and O–H groups in total. The zero-order valence-corrected chi connectivity index (χ0v) is 15.9. The second-order valence-electron chi connectivity index (χ2n) is 6.58. The minimum atomic E-state index is -0.418. The molecule has 2 amide bonds. The lowest BCUT2D eigenvalue weighted by molar-refractivity contribution is 0.262. The van der Waals surface area contributed by atoms with Gasteiger partial charge in [0.1, 0.15) is 29.5 Å². The molecular formula is C19H25N5O3. The van der Waals surface area contributed by atoms with Crippen LogP contribution in [0, 0.1) is 5.92 Å². The van der Waals surface area contributed by atoms with Crippen molar-refractivity contribution in [3.63, 3.8) is 0 Å². The van der Waals surface area contributed by atoms with E-state index in [9.17, 15) is 4.79 Å². The SMILES string of the molecule is COc1ccc(OC)c(NC(=O)Nc2cc(N3CCC(C)CC3)ncn2)c1. The van der Waals surface area contributed by atoms with Crippen molar-refractivity contribution in [1.82, 2.24) is 9.97 Å². The monoisotopic (exact) mass is 371 g/mol. The van der Waals surface area contributed by atoms with Gasteiger partial charge >= 0.3 is 6.03 Å². The zero-order chi connectivity index (χ0) is 19.2. The van der Waals surface area contributed by atoms with Crippen LogP contribution in [0.1, 0.15) is 19.8 Å². The lowest BCUT2D eigenvalue weighted by Gasteiger charge is -2.31. The number of carbonyl (C=O) groups excluding carboxylic acids is 1. The molecule has 1 aliphatic rings. The predicted molar refractivity (Wildman–Crippen MR) is 105 cm³/mol. The molecule has 0 radical (unpaired) electrons. The molecule has 0 bridgehead atoms. The summed E-state index contributed by atoms with van der Waals surface area (Å²) in [5, 5.41) is 5.50. The van der Waals surface area contributed by atoms with Gasteiger partial charge in [-0.2, -0.15) is 0 Å². The van der Waals surface area contributed by atoms with E-state index in [1.54, 1.807) is 38.5 Å². The molecule has 0 spiro atoms. The van der Waals surface area contributed by atoms with Crippen molar-refractivity contribution in [3.05, 3.63) is 30.6 Å². The predicted octanol–water partition coefficient (Wildman–Crippen LogP) is 3.37. The molecule has 0 atom stereocenters. The number of benzene rings is 1. The third-order valence-corrected chi connectivity index (χ3v) is 4.66. The molecule has 1 aliphatic heterocycles. The van der Waals surface area contributed by atoms with Crippen LogP contribution >= 0.6 is 0 Å². The average Bonchev–Trinajstić information content (AvgIpc) is 2.68. The van der Waals surface area contributed by atoms with Crippen molar-refractivity contribution in [1.29, 1.82) is 0 Å². The number of carbonyl (C=O) groups is 1. The third kappa shape index (κ3) is 4.78. The summed E-state index contributed by atoms with van der Waals surface area (Å²) in [5.41, 5.74) is 0.508. The number of urea groups is 1. The highest BCUT2D eigenvalue weighted by Gasteiger charge is 2.18. The molecule has 144 valence electrons. The molecule has 0 saturated carbocycles. The fourth-order valence-electron chi connectivity index (χ4n) is 3.01. The number of aromatic nitrogens is 2. The highest BCUT2D eigenvalue weighted by atomic mass is 16.5. The van der Waals surface area contributed by atoms with E-state index in [0.29, 0.717) is 23.0 Å². The number of hydrogen-bond acceptors (Lipinski definition) is 6. The van der Waals surface area contributed by atoms with Gasteiger partial charge in [0.15, 0.2) is 0 Å². The Labute approximate surface area is 158 Å². The number of piperidine rings is 1. The first-order chi connectivity index (χ1) is 13.1. The number of methoxy groups -OCH3 is 2. The number of rotatable bonds is 5. The maximum Gasteiger partial charge on any atom is 0.324 e. The van der Waals surface area contributed by atoms with Crippen molar-refractivity contribution in [2.45, 2.75) is 19.8 Å². The van der Waals surface area contributed by atoms with Crippen LogP contribution in [0.25, 0.3) is 0 Å². The van der Waals surface area contributed by atoms with E-state index in [0.717, 1.165) is 37.7 Å². The molecule has 1 saturated heterocycles. The van der Waals surface area contributed by atoms with Gasteiger partial charge in [-0.15, -0.1) is 0 Å². The summed E-state index contributed by atoms with van der Waals surface area (Å²) in [6, 6.07) is 6.56. The van der Waals surface area contributed by atoms with Crippen LogP contribution in [0.15, 0.2) is 30.6 Å². The fourth-order valence-corrected chi connectivity index (χ4v) is 3.01. The maximum atomic E-state index is 12.4. The quantitative estimate of drug-likeness (QED) is 0.838. The van der Waals surface area contributed by atoms with Gasteiger partial charge in [-0.3, -0.25) is 5.32 Å². The number of nitrogens with zero attached hydrogens (tertiary/aromatic N) is 3. The van der Waals surface area contributed by atoms with Gasteiger partial charge in [0.2, 0.25) is 0 Å². The van der Waals surface area contributed by atoms with Crippen LogP contribution in [0.4, 0.5) is 22.1 Å². The van der Waals surface area contributed by atoms with E-state index in [1.165, 1.54) is 6.33 Å². The molecule has 27 heavy (non-hydrogen) atoms. The highest BCUT2D eigenvalue weighted by Crippen LogP contribution is 2.29. The number of ether oxygens (including phenoxy) is 2. The Morgan fingerprint density at radius 1 is 1.11 bits per heavy atom. The van der Waals surface area contributed by atoms with E-state index in [4.69, 9.17) is 9.47 Å². The summed E-state index contributed by atoms with van der Waals surface area (Å²) in [4.78, 5) is 23.1. The van der Waals surface area contributed by atoms with Crippen molar-refractivity contribution in [3.8, 4) is 11.5 Å². The van der Waals surface area contributed by atoms with Crippen LogP contribution in [-0.4, -0.2) is 43.3 Å². The van der Waals surface area contributed by atoms with Crippen molar-refractivity contribution >= 4 is 23.4 Å². The summed E-state index contributed by atoms with van der Waals surface area (Å²) >= 11 is 0. The number of hydrogen-bond donors (Lipinski definition) is 2. The lowest BCUT2D eigenvalue weighted by atomic mass is 9.99. The van der Waals surface area contributed by atoms with Gasteiger partial charge < -0.3 is 19.7 Å². The first-order valence-corrected chi connectivity index (χ1v) is 8.96. The maximum absolute atomic E-state index is 12.4. The summed E-state index contributed by atoms with van der Waals surface area (Å²) in [6.07, 6.45) is 3.75. The fraction of sp³-hybridized carbons (Fsp3) is 0.421. The molecule has 1 fully saturated rings. The molecular weight excluding hydrogens is 346 g/mol. The van der Waals surface area contributed by atoms with Gasteiger partial charge in [0.05, 0.1) is 19.9 Å². The normalized spacial score (nSPS) is 14.6. The van der Waals surface area contributed by atoms with Crippen LogP contribution in [0.2, 0.25) is 0 Å². The Morgan fingerprint density at radius 2 is 1.89 bits per heavy atom. The van der Waals surface area contributed by atoms with E-state index in [1.807, 2.05) is 0 Å². The van der Waals surface area contributed by atoms with Crippen LogP contribution in [0.5, 0.6) is 11.5 Å². The summed E-state index contributed by atoms with van der Waals surface area (Å²) in [7, 11) is 3.11. The largest absolute Gasteiger partial charge is 0.497 e. The van der Waals surface area contributed by atoms with Gasteiger partial charge in [-0.1, -0.05) is 6.92 Å². The molecule has 0 unspecified atom stereocenters. The Morgan fingerprint density at radius 3 is 2.59 bits per heavy atom. The molecule has 0 aliphatic carbocycles. The smallest absolute Gasteiger partial charge is 0.324 e. The van der Waals surface area contributed by atoms with Crippen LogP contribution in [0.3, 0.4) is 0 Å². The van der Waals surface area contributed by atoms with E-state index < -0.39 is 6.03 Å². The highest BCUT2D eigenvalue weighted by molar-refractivity contribution is 6.00. The molecule has 1 aromatic carbocycles. The molecule has 8 heteroatoms. The second kappa shape index (κ2) is 8.57. The Balaban J connectivity index is 1.67. The molecule has 1 aromatic heterocycles. The van der Waals surface area contributed by atoms with Gasteiger partial charge in [0, 0.05) is 25.2 Å². The minimum Gasteiger partial charge on any atom is -0.497 e. The summed E-state index contributed by atoms with van der Waals surface area (Å²) in [5.74, 6) is 3.17. The minimum absolute atomic E-state index is 0.418. The van der Waals surface area contributed by atoms with Crippen LogP contribution in [-0.2, 0) is 0 Å². The van der Waals surface area contributed by atoms with Gasteiger partial charge in [0.25, 0.3) is 0 Å².